The molecule has 0 aromatic heterocycles. The van der Waals surface area contributed by atoms with Gasteiger partial charge in [-0.05, 0) is 33.6 Å². The Morgan fingerprint density at radius 2 is 1.94 bits per heavy atom. The molecule has 0 saturated carbocycles. The molecule has 0 heterocycles. The molecule has 5 N–H and O–H groups in total. The lowest BCUT2D eigenvalue weighted by atomic mass is 10.1. The Bertz CT molecular complexity index is 346. The molecule has 0 bridgehead atoms. The molecule has 0 aliphatic rings. The van der Waals surface area contributed by atoms with E-state index in [-0.39, 0.29) is 5.84 Å². The number of nitrogens with one attached hydrogen (secondary N) is 2. The van der Waals surface area contributed by atoms with E-state index in [0.29, 0.717) is 25.8 Å². The van der Waals surface area contributed by atoms with E-state index in [0.717, 1.165) is 0 Å². The first kappa shape index (κ1) is 16.1. The minimum Gasteiger partial charge on any atom is -0.409 e. The molecule has 0 spiro atoms. The van der Waals surface area contributed by atoms with E-state index in [2.05, 4.69) is 14.6 Å². The van der Waals surface area contributed by atoms with Crippen LogP contribution in [0.3, 0.4) is 0 Å². The summed E-state index contributed by atoms with van der Waals surface area (Å²) in [6.45, 7) is 5.63. The summed E-state index contributed by atoms with van der Waals surface area (Å²) in [4.78, 5) is 0. The van der Waals surface area contributed by atoms with Gasteiger partial charge >= 0.3 is 0 Å². The molecule has 102 valence electrons. The summed E-state index contributed by atoms with van der Waals surface area (Å²) in [7, 11) is -3.46. The number of nitrogens with zero attached hydrogens (tertiary/aromatic N) is 1. The number of nitrogens with two attached hydrogens (primary N) is 1. The molecule has 0 aliphatic heterocycles. The van der Waals surface area contributed by atoms with Gasteiger partial charge in [-0.1, -0.05) is 5.16 Å². The third kappa shape index (κ3) is 10.0. The lowest BCUT2D eigenvalue weighted by Gasteiger charge is -2.20. The second-order valence-corrected chi connectivity index (χ2v) is 6.30. The van der Waals surface area contributed by atoms with Crippen LogP contribution in [0.1, 0.15) is 40.0 Å². The Hall–Kier alpha value is -0.860. The first-order valence-electron chi connectivity index (χ1n) is 5.41. The van der Waals surface area contributed by atoms with E-state index in [4.69, 9.17) is 10.9 Å². The van der Waals surface area contributed by atoms with Gasteiger partial charge in [0.1, 0.15) is 5.84 Å². The smallest absolute Gasteiger partial charge is 0.277 e. The SMILES string of the molecule is CC(C)(C)NS(=O)(=O)NCCCCC(N)=NO. The van der Waals surface area contributed by atoms with Gasteiger partial charge in [0, 0.05) is 18.5 Å². The fourth-order valence-corrected chi connectivity index (χ4v) is 2.42. The van der Waals surface area contributed by atoms with Gasteiger partial charge in [-0.2, -0.15) is 13.1 Å². The highest BCUT2D eigenvalue weighted by Gasteiger charge is 2.18. The van der Waals surface area contributed by atoms with Gasteiger partial charge in [-0.3, -0.25) is 0 Å². The predicted molar refractivity (Wildman–Crippen MR) is 67.1 cm³/mol. The predicted octanol–water partition coefficient (Wildman–Crippen LogP) is 0.126. The number of rotatable bonds is 7. The number of hydrogen-bond acceptors (Lipinski definition) is 4. The zero-order valence-electron chi connectivity index (χ0n) is 10.5. The monoisotopic (exact) mass is 266 g/mol. The van der Waals surface area contributed by atoms with Crippen molar-refractivity contribution in [1.82, 2.24) is 9.44 Å². The Kier molecular flexibility index (Phi) is 6.43. The molecule has 7 nitrogen and oxygen atoms in total. The van der Waals surface area contributed by atoms with E-state index in [9.17, 15) is 8.42 Å². The van der Waals surface area contributed by atoms with Crippen molar-refractivity contribution in [3.8, 4) is 0 Å². The molecular formula is C9H22N4O3S. The van der Waals surface area contributed by atoms with Crippen LogP contribution in [0.5, 0.6) is 0 Å². The second kappa shape index (κ2) is 6.77. The Morgan fingerprint density at radius 3 is 2.41 bits per heavy atom. The lowest BCUT2D eigenvalue weighted by molar-refractivity contribution is 0.316. The van der Waals surface area contributed by atoms with E-state index < -0.39 is 15.7 Å². The van der Waals surface area contributed by atoms with Gasteiger partial charge in [0.15, 0.2) is 0 Å². The molecule has 0 amide bonds. The average molecular weight is 266 g/mol. The molecule has 17 heavy (non-hydrogen) atoms. The van der Waals surface area contributed by atoms with Crippen molar-refractivity contribution < 1.29 is 13.6 Å². The highest BCUT2D eigenvalue weighted by Crippen LogP contribution is 2.01. The van der Waals surface area contributed by atoms with Crippen LogP contribution < -0.4 is 15.2 Å². The highest BCUT2D eigenvalue weighted by molar-refractivity contribution is 7.87. The molecule has 0 aliphatic carbocycles. The maximum Gasteiger partial charge on any atom is 0.277 e. The Labute approximate surface area is 103 Å². The Morgan fingerprint density at radius 1 is 1.35 bits per heavy atom. The number of oxime groups is 1. The quantitative estimate of drug-likeness (QED) is 0.172. The zero-order chi connectivity index (χ0) is 13.5. The molecule has 0 radical (unpaired) electrons. The summed E-state index contributed by atoms with van der Waals surface area (Å²) in [5.41, 5.74) is 4.77. The van der Waals surface area contributed by atoms with Crippen molar-refractivity contribution >= 4 is 16.0 Å². The molecule has 0 saturated heterocycles. The third-order valence-electron chi connectivity index (χ3n) is 1.72. The molecule has 0 rings (SSSR count). The topological polar surface area (TPSA) is 117 Å². The van der Waals surface area contributed by atoms with Gasteiger partial charge in [0.05, 0.1) is 0 Å². The van der Waals surface area contributed by atoms with E-state index in [1.165, 1.54) is 0 Å². The standard InChI is InChI=1S/C9H22N4O3S/c1-9(2,3)13-17(15,16)11-7-5-4-6-8(10)12-14/h11,13-14H,4-7H2,1-3H3,(H2,10,12). The van der Waals surface area contributed by atoms with Crippen LogP contribution in [0, 0.1) is 0 Å². The van der Waals surface area contributed by atoms with Gasteiger partial charge in [0.2, 0.25) is 0 Å². The van der Waals surface area contributed by atoms with Crippen LogP contribution in [0.15, 0.2) is 5.16 Å². The van der Waals surface area contributed by atoms with Crippen molar-refractivity contribution in [1.29, 1.82) is 0 Å². The summed E-state index contributed by atoms with van der Waals surface area (Å²) >= 11 is 0. The van der Waals surface area contributed by atoms with Crippen molar-refractivity contribution in [2.45, 2.75) is 45.6 Å². The van der Waals surface area contributed by atoms with Crippen LogP contribution >= 0.6 is 0 Å². The van der Waals surface area contributed by atoms with Crippen LogP contribution in [-0.4, -0.2) is 31.5 Å². The normalized spacial score (nSPS) is 13.9. The van der Waals surface area contributed by atoms with Crippen molar-refractivity contribution in [3.05, 3.63) is 0 Å². The molecule has 8 heteroatoms. The van der Waals surface area contributed by atoms with E-state index >= 15 is 0 Å². The first-order chi connectivity index (χ1) is 7.66. The highest BCUT2D eigenvalue weighted by atomic mass is 32.2. The van der Waals surface area contributed by atoms with Crippen molar-refractivity contribution in [3.63, 3.8) is 0 Å². The maximum absolute atomic E-state index is 11.5. The van der Waals surface area contributed by atoms with Gasteiger partial charge in [-0.25, -0.2) is 4.72 Å². The van der Waals surface area contributed by atoms with Crippen LogP contribution in [-0.2, 0) is 10.2 Å². The molecule has 0 fully saturated rings. The number of amidine groups is 1. The third-order valence-corrected chi connectivity index (χ3v) is 3.19. The molecule has 0 aromatic rings. The lowest BCUT2D eigenvalue weighted by Crippen LogP contribution is -2.47. The number of unbranched alkanes of at least 4 members (excludes halogenated alkanes) is 1. The largest absolute Gasteiger partial charge is 0.409 e. The number of hydrogen-bond donors (Lipinski definition) is 4. The summed E-state index contributed by atoms with van der Waals surface area (Å²) in [6, 6.07) is 0. The Balaban J connectivity index is 3.82. The van der Waals surface area contributed by atoms with E-state index in [1.54, 1.807) is 20.8 Å². The summed E-state index contributed by atoms with van der Waals surface area (Å²) in [5.74, 6) is 0.153. The zero-order valence-corrected chi connectivity index (χ0v) is 11.3. The van der Waals surface area contributed by atoms with Gasteiger partial charge in [-0.15, -0.1) is 0 Å². The van der Waals surface area contributed by atoms with Crippen LogP contribution in [0.2, 0.25) is 0 Å². The maximum atomic E-state index is 11.5. The molecule has 0 aromatic carbocycles. The molecular weight excluding hydrogens is 244 g/mol. The summed E-state index contributed by atoms with van der Waals surface area (Å²) in [5, 5.41) is 11.1. The molecule has 0 atom stereocenters. The van der Waals surface area contributed by atoms with E-state index in [1.807, 2.05) is 0 Å². The van der Waals surface area contributed by atoms with Gasteiger partial charge < -0.3 is 10.9 Å². The summed E-state index contributed by atoms with van der Waals surface area (Å²) in [6.07, 6.45) is 1.74. The average Bonchev–Trinajstić information content (AvgIpc) is 2.12. The first-order valence-corrected chi connectivity index (χ1v) is 6.89. The van der Waals surface area contributed by atoms with Crippen molar-refractivity contribution in [2.24, 2.45) is 10.9 Å². The van der Waals surface area contributed by atoms with Crippen LogP contribution in [0.4, 0.5) is 0 Å². The minimum atomic E-state index is -3.46. The van der Waals surface area contributed by atoms with Crippen molar-refractivity contribution in [2.75, 3.05) is 6.54 Å². The fraction of sp³-hybridized carbons (Fsp3) is 0.889. The van der Waals surface area contributed by atoms with Gasteiger partial charge in [0.25, 0.3) is 10.2 Å². The summed E-state index contributed by atoms with van der Waals surface area (Å²) < 4.78 is 27.9. The second-order valence-electron chi connectivity index (χ2n) is 4.80. The van der Waals surface area contributed by atoms with Crippen LogP contribution in [0.25, 0.3) is 0 Å². The fourth-order valence-electron chi connectivity index (χ4n) is 1.13. The minimum absolute atomic E-state index is 0.153. The molecule has 0 unspecified atom stereocenters.